The number of rotatable bonds is 2. The van der Waals surface area contributed by atoms with Gasteiger partial charge in [-0.25, -0.2) is 0 Å². The predicted octanol–water partition coefficient (Wildman–Crippen LogP) is 5.56. The average Bonchev–Trinajstić information content (AvgIpc) is 2.74. The van der Waals surface area contributed by atoms with Gasteiger partial charge in [0.2, 0.25) is 0 Å². The van der Waals surface area contributed by atoms with Gasteiger partial charge in [0, 0.05) is 0 Å². The Morgan fingerprint density at radius 3 is 2.06 bits per heavy atom. The van der Waals surface area contributed by atoms with Gasteiger partial charge >= 0.3 is 0 Å². The zero-order valence-corrected chi connectivity index (χ0v) is 12.2. The maximum Gasteiger partial charge on any atom is 0.193 e. The number of furan rings is 1. The fraction of sp³-hybridized carbons (Fsp3) is 0.333. The van der Waals surface area contributed by atoms with E-state index in [1.165, 1.54) is 5.56 Å². The summed E-state index contributed by atoms with van der Waals surface area (Å²) in [6, 6.07) is 11.8. The first-order valence-corrected chi connectivity index (χ1v) is 6.69. The van der Waals surface area contributed by atoms with Crippen LogP contribution in [0.25, 0.3) is 0 Å². The molecule has 1 aromatic carbocycles. The van der Waals surface area contributed by atoms with Crippen molar-refractivity contribution in [1.29, 1.82) is 0 Å². The largest absolute Gasteiger partial charge is 0.448 e. The molecule has 0 bridgehead atoms. The fourth-order valence-electron chi connectivity index (χ4n) is 1.78. The Bertz CT molecular complexity index is 520. The topological polar surface area (TPSA) is 13.1 Å². The molecule has 0 saturated heterocycles. The molecule has 2 rings (SSSR count). The molecule has 0 aliphatic carbocycles. The lowest BCUT2D eigenvalue weighted by Gasteiger charge is -2.19. The van der Waals surface area contributed by atoms with Crippen molar-refractivity contribution >= 4 is 23.2 Å². The second-order valence-electron chi connectivity index (χ2n) is 5.38. The Balaban J connectivity index is 2.24. The van der Waals surface area contributed by atoms with Crippen molar-refractivity contribution in [2.24, 2.45) is 0 Å². The van der Waals surface area contributed by atoms with Crippen LogP contribution < -0.4 is 0 Å². The van der Waals surface area contributed by atoms with Crippen LogP contribution in [0.1, 0.15) is 43.0 Å². The number of halogens is 2. The molecule has 0 N–H and O–H groups in total. The highest BCUT2D eigenvalue weighted by molar-refractivity contribution is 6.29. The standard InChI is InChI=1S/C15H16Cl2O/c1-15(2,3)11-6-4-10(5-7-11)14(17)12-8-9-13(16)18-12/h4-9,14H,1-3H3. The van der Waals surface area contributed by atoms with Gasteiger partial charge in [-0.15, -0.1) is 11.6 Å². The van der Waals surface area contributed by atoms with Crippen molar-refractivity contribution in [2.45, 2.75) is 31.6 Å². The Morgan fingerprint density at radius 1 is 1.00 bits per heavy atom. The van der Waals surface area contributed by atoms with Gasteiger partial charge in [-0.05, 0) is 40.3 Å². The molecule has 3 heteroatoms. The third kappa shape index (κ3) is 2.90. The maximum atomic E-state index is 6.36. The minimum absolute atomic E-state index is 0.147. The molecule has 0 spiro atoms. The van der Waals surface area contributed by atoms with Crippen molar-refractivity contribution < 1.29 is 4.42 Å². The van der Waals surface area contributed by atoms with Gasteiger partial charge in [0.25, 0.3) is 0 Å². The molecule has 0 fully saturated rings. The molecule has 1 nitrogen and oxygen atoms in total. The Hall–Kier alpha value is -0.920. The Morgan fingerprint density at radius 2 is 1.61 bits per heavy atom. The van der Waals surface area contributed by atoms with Crippen LogP contribution in [-0.2, 0) is 5.41 Å². The first kappa shape index (κ1) is 13.5. The summed E-state index contributed by atoms with van der Waals surface area (Å²) >= 11 is 12.1. The summed E-state index contributed by atoms with van der Waals surface area (Å²) in [5.74, 6) is 0.671. The molecule has 0 saturated carbocycles. The van der Waals surface area contributed by atoms with Crippen molar-refractivity contribution in [3.63, 3.8) is 0 Å². The minimum Gasteiger partial charge on any atom is -0.448 e. The molecule has 0 radical (unpaired) electrons. The summed E-state index contributed by atoms with van der Waals surface area (Å²) in [5, 5.41) is 0.0634. The van der Waals surface area contributed by atoms with Crippen LogP contribution in [-0.4, -0.2) is 0 Å². The van der Waals surface area contributed by atoms with Crippen molar-refractivity contribution in [3.8, 4) is 0 Å². The third-order valence-corrected chi connectivity index (χ3v) is 3.58. The zero-order valence-electron chi connectivity index (χ0n) is 10.7. The van der Waals surface area contributed by atoms with Gasteiger partial charge < -0.3 is 4.42 Å². The monoisotopic (exact) mass is 282 g/mol. The second kappa shape index (κ2) is 4.99. The number of hydrogen-bond acceptors (Lipinski definition) is 1. The molecular formula is C15H16Cl2O. The van der Waals surface area contributed by atoms with E-state index in [9.17, 15) is 0 Å². The Labute approximate surface area is 118 Å². The molecule has 0 aliphatic rings. The van der Waals surface area contributed by atoms with Gasteiger partial charge in [-0.2, -0.15) is 0 Å². The Kier molecular flexibility index (Phi) is 3.74. The molecule has 1 heterocycles. The average molecular weight is 283 g/mol. The first-order valence-electron chi connectivity index (χ1n) is 5.87. The van der Waals surface area contributed by atoms with E-state index in [4.69, 9.17) is 27.6 Å². The summed E-state index contributed by atoms with van der Waals surface area (Å²) in [4.78, 5) is 0. The van der Waals surface area contributed by atoms with Gasteiger partial charge in [0.1, 0.15) is 11.1 Å². The van der Waals surface area contributed by atoms with E-state index >= 15 is 0 Å². The highest BCUT2D eigenvalue weighted by Crippen LogP contribution is 2.32. The van der Waals surface area contributed by atoms with Crippen LogP contribution in [0.4, 0.5) is 0 Å². The number of alkyl halides is 1. The molecular weight excluding hydrogens is 267 g/mol. The first-order chi connectivity index (χ1) is 8.38. The van der Waals surface area contributed by atoms with Crippen LogP contribution in [0.3, 0.4) is 0 Å². The number of hydrogen-bond donors (Lipinski definition) is 0. The quantitative estimate of drug-likeness (QED) is 0.658. The summed E-state index contributed by atoms with van der Waals surface area (Å²) in [6.07, 6.45) is 0. The van der Waals surface area contributed by atoms with Gasteiger partial charge in [0.05, 0.1) is 0 Å². The molecule has 0 aliphatic heterocycles. The van der Waals surface area contributed by atoms with E-state index in [1.54, 1.807) is 12.1 Å². The molecule has 18 heavy (non-hydrogen) atoms. The fourth-order valence-corrected chi connectivity index (χ4v) is 2.20. The van der Waals surface area contributed by atoms with Crippen LogP contribution in [0, 0.1) is 0 Å². The lowest BCUT2D eigenvalue weighted by Crippen LogP contribution is -2.10. The minimum atomic E-state index is -0.300. The molecule has 1 aromatic heterocycles. The van der Waals surface area contributed by atoms with Gasteiger partial charge in [0.15, 0.2) is 5.22 Å². The molecule has 0 amide bonds. The highest BCUT2D eigenvalue weighted by atomic mass is 35.5. The normalized spacial score (nSPS) is 13.6. The van der Waals surface area contributed by atoms with Crippen molar-refractivity contribution in [2.75, 3.05) is 0 Å². The SMILES string of the molecule is CC(C)(C)c1ccc(C(Cl)c2ccc(Cl)o2)cc1. The van der Waals surface area contributed by atoms with E-state index in [-0.39, 0.29) is 10.8 Å². The molecule has 2 aromatic rings. The van der Waals surface area contributed by atoms with Crippen LogP contribution >= 0.6 is 23.2 Å². The van der Waals surface area contributed by atoms with Crippen molar-refractivity contribution in [3.05, 3.63) is 58.5 Å². The predicted molar refractivity (Wildman–Crippen MR) is 76.6 cm³/mol. The second-order valence-corrected chi connectivity index (χ2v) is 6.19. The van der Waals surface area contributed by atoms with E-state index in [1.807, 2.05) is 12.1 Å². The van der Waals surface area contributed by atoms with Crippen molar-refractivity contribution in [1.82, 2.24) is 0 Å². The maximum absolute atomic E-state index is 6.36. The summed E-state index contributed by atoms with van der Waals surface area (Å²) in [6.45, 7) is 6.56. The van der Waals surface area contributed by atoms with Crippen LogP contribution in [0.15, 0.2) is 40.8 Å². The van der Waals surface area contributed by atoms with Gasteiger partial charge in [-0.3, -0.25) is 0 Å². The van der Waals surface area contributed by atoms with Crippen LogP contribution in [0.2, 0.25) is 5.22 Å². The van der Waals surface area contributed by atoms with E-state index in [0.29, 0.717) is 11.0 Å². The highest BCUT2D eigenvalue weighted by Gasteiger charge is 2.17. The molecule has 1 atom stereocenters. The summed E-state index contributed by atoms with van der Waals surface area (Å²) in [7, 11) is 0. The number of benzene rings is 1. The van der Waals surface area contributed by atoms with E-state index in [2.05, 4.69) is 32.9 Å². The molecule has 1 unspecified atom stereocenters. The summed E-state index contributed by atoms with van der Waals surface area (Å²) in [5.41, 5.74) is 2.44. The third-order valence-electron chi connectivity index (χ3n) is 2.91. The van der Waals surface area contributed by atoms with E-state index in [0.717, 1.165) is 5.56 Å². The lowest BCUT2D eigenvalue weighted by atomic mass is 9.86. The smallest absolute Gasteiger partial charge is 0.193 e. The van der Waals surface area contributed by atoms with Gasteiger partial charge in [-0.1, -0.05) is 45.0 Å². The lowest BCUT2D eigenvalue weighted by molar-refractivity contribution is 0.518. The summed E-state index contributed by atoms with van der Waals surface area (Å²) < 4.78 is 5.33. The molecule has 96 valence electrons. The van der Waals surface area contributed by atoms with Crippen LogP contribution in [0.5, 0.6) is 0 Å². The zero-order chi connectivity index (χ0) is 13.3. The van der Waals surface area contributed by atoms with E-state index < -0.39 is 0 Å².